The van der Waals surface area contributed by atoms with Crippen LogP contribution < -0.4 is 5.32 Å². The third kappa shape index (κ3) is 22.2. The molecule has 0 bridgehead atoms. The second-order valence-electron chi connectivity index (χ2n) is 29.3. The van der Waals surface area contributed by atoms with Crippen molar-refractivity contribution in [2.45, 2.75) is 249 Å². The molecule has 2 rings (SSSR count). The second kappa shape index (κ2) is 36.8. The monoisotopic (exact) mass is 1270 g/mol. The fourth-order valence-electron chi connectivity index (χ4n) is 13.0. The van der Waals surface area contributed by atoms with Crippen LogP contribution in [-0.4, -0.2) is 232 Å². The van der Waals surface area contributed by atoms with E-state index in [1.54, 1.807) is 34.6 Å². The SMILES string of the molecule is CC[C@H]1CC(=O)[C@@H]([C@H](O)[C@H](C)CCN2CCCCC2)N(C)C(=O)[C@@H](C(C)C)N(C)C(=O)[C@@H](CC(C)C)N(C)C(=O)[C@@H](CC(C)C)N(C)C(=O)[C@H](C)NC(=O)[C@@H](C)CC(=O)C(CC(C)C)N(C)C(=O)[C@@H](C(C)C)CC(=O)[C@H](CC(C)C)N(C)C(=O)[C@@H](C)N(C)C1=O. The summed E-state index contributed by atoms with van der Waals surface area (Å²) in [5.41, 5.74) is 0. The molecule has 2 N–H and O–H groups in total. The summed E-state index contributed by atoms with van der Waals surface area (Å²) in [5, 5.41) is 15.3. The van der Waals surface area contributed by atoms with Crippen LogP contribution in [0.3, 0.4) is 0 Å². The van der Waals surface area contributed by atoms with Gasteiger partial charge >= 0.3 is 0 Å². The number of nitrogens with one attached hydrogen (secondary N) is 1. The van der Waals surface area contributed by atoms with Gasteiger partial charge in [0.05, 0.1) is 18.2 Å². The maximum Gasteiger partial charge on any atom is 0.246 e. The van der Waals surface area contributed by atoms with Crippen molar-refractivity contribution in [1.29, 1.82) is 0 Å². The van der Waals surface area contributed by atoms with E-state index < -0.39 is 143 Å². The van der Waals surface area contributed by atoms with Gasteiger partial charge in [0, 0.05) is 86.3 Å². The first-order valence-electron chi connectivity index (χ1n) is 33.8. The van der Waals surface area contributed by atoms with Gasteiger partial charge in [-0.05, 0) is 126 Å². The van der Waals surface area contributed by atoms with Gasteiger partial charge in [0.25, 0.3) is 0 Å². The number of ketones is 3. The molecule has 13 atom stereocenters. The maximum absolute atomic E-state index is 15.4. The van der Waals surface area contributed by atoms with Crippen molar-refractivity contribution in [3.63, 3.8) is 0 Å². The van der Waals surface area contributed by atoms with E-state index >= 15 is 19.2 Å². The van der Waals surface area contributed by atoms with Crippen molar-refractivity contribution in [3.8, 4) is 0 Å². The van der Waals surface area contributed by atoms with E-state index in [0.29, 0.717) is 13.0 Å². The number of Topliss-reactive ketones (excluding diaryl/α,β-unsaturated/α-hetero) is 3. The lowest BCUT2D eigenvalue weighted by Gasteiger charge is -2.42. The van der Waals surface area contributed by atoms with E-state index in [4.69, 9.17) is 0 Å². The van der Waals surface area contributed by atoms with Gasteiger partial charge in [-0.15, -0.1) is 0 Å². The lowest BCUT2D eigenvalue weighted by Crippen LogP contribution is -2.62. The van der Waals surface area contributed by atoms with Crippen molar-refractivity contribution < 1.29 is 57.8 Å². The minimum atomic E-state index is -1.48. The summed E-state index contributed by atoms with van der Waals surface area (Å²) >= 11 is 0. The predicted octanol–water partition coefficient (Wildman–Crippen LogP) is 6.84. The first kappa shape index (κ1) is 80.8. The van der Waals surface area contributed by atoms with Gasteiger partial charge in [-0.3, -0.25) is 52.7 Å². The van der Waals surface area contributed by atoms with Crippen molar-refractivity contribution in [2.24, 2.45) is 59.2 Å². The molecule has 516 valence electrons. The van der Waals surface area contributed by atoms with Crippen LogP contribution in [0.5, 0.6) is 0 Å². The second-order valence-corrected chi connectivity index (χ2v) is 29.3. The van der Waals surface area contributed by atoms with Gasteiger partial charge in [0.1, 0.15) is 36.3 Å². The van der Waals surface area contributed by atoms with Gasteiger partial charge < -0.3 is 49.6 Å². The van der Waals surface area contributed by atoms with Gasteiger partial charge in [-0.2, -0.15) is 0 Å². The van der Waals surface area contributed by atoms with E-state index in [9.17, 15) is 38.7 Å². The molecule has 0 radical (unpaired) electrons. The van der Waals surface area contributed by atoms with E-state index in [-0.39, 0.29) is 86.1 Å². The van der Waals surface area contributed by atoms with Crippen LogP contribution >= 0.6 is 0 Å². The number of amides is 8. The van der Waals surface area contributed by atoms with Gasteiger partial charge in [0.15, 0.2) is 17.3 Å². The topological polar surface area (TPSA) is 246 Å². The molecule has 90 heavy (non-hydrogen) atoms. The molecule has 2 heterocycles. The standard InChI is InChI=1S/C69H123N9O12/c1-25-50-38-58(81)60(61(82)46(14)29-32-78-30-27-26-28-31-78)77(24)69(90)59(45(12)13)76(23)68(89)55(36-43(8)9)75(22)67(88)54(35-42(6)7)74(21)63(84)48(16)70-62(83)47(15)37-56(79)52(33-40(2)3)73(20)66(87)51(44(10)11)39-57(80)53(34-41(4)5)72(19)64(85)49(17)71(18)65(50)86/h40-55,59-61,82H,25-39H2,1-24H3,(H,70,83)/t46-,47+,48+,49-,50+,51-,52?,53+,54-,55-,59-,60+,61-/m1/s1. The smallest absolute Gasteiger partial charge is 0.246 e. The number of carbonyl (C=O) groups is 11. The number of aliphatic hydroxyl groups excluding tert-OH is 1. The van der Waals surface area contributed by atoms with Crippen molar-refractivity contribution in [3.05, 3.63) is 0 Å². The number of piperidine rings is 1. The average molecular weight is 1270 g/mol. The lowest BCUT2D eigenvalue weighted by atomic mass is 9.84. The van der Waals surface area contributed by atoms with Crippen LogP contribution in [0.1, 0.15) is 195 Å². The van der Waals surface area contributed by atoms with Crippen molar-refractivity contribution in [1.82, 2.24) is 44.5 Å². The van der Waals surface area contributed by atoms with Crippen LogP contribution in [0.25, 0.3) is 0 Å². The largest absolute Gasteiger partial charge is 0.390 e. The zero-order valence-corrected chi connectivity index (χ0v) is 60.1. The number of nitrogens with zero attached hydrogens (tertiary/aromatic N) is 8. The molecule has 0 saturated carbocycles. The molecule has 21 nitrogen and oxygen atoms in total. The highest BCUT2D eigenvalue weighted by Crippen LogP contribution is 2.30. The van der Waals surface area contributed by atoms with Gasteiger partial charge in [-0.1, -0.05) is 110 Å². The van der Waals surface area contributed by atoms with E-state index in [1.807, 2.05) is 76.2 Å². The third-order valence-corrected chi connectivity index (χ3v) is 19.2. The average Bonchev–Trinajstić information content (AvgIpc) is 0.906. The molecular weight excluding hydrogens is 1150 g/mol. The molecule has 21 heteroatoms. The Labute approximate surface area is 542 Å². The summed E-state index contributed by atoms with van der Waals surface area (Å²) in [6.07, 6.45) is 2.38. The molecule has 2 saturated heterocycles. The van der Waals surface area contributed by atoms with Gasteiger partial charge in [-0.25, -0.2) is 0 Å². The molecule has 2 aliphatic rings. The van der Waals surface area contributed by atoms with Crippen LogP contribution in [0, 0.1) is 59.2 Å². The van der Waals surface area contributed by atoms with Crippen LogP contribution in [0.15, 0.2) is 0 Å². The fourth-order valence-corrected chi connectivity index (χ4v) is 13.0. The summed E-state index contributed by atoms with van der Waals surface area (Å²) in [7, 11) is 10.4. The highest BCUT2D eigenvalue weighted by Gasteiger charge is 2.46. The van der Waals surface area contributed by atoms with E-state index in [2.05, 4.69) is 10.2 Å². The summed E-state index contributed by atoms with van der Waals surface area (Å²) in [6.45, 7) is 33.1. The van der Waals surface area contributed by atoms with Crippen molar-refractivity contribution >= 4 is 64.6 Å². The molecule has 2 aliphatic heterocycles. The molecule has 0 aromatic rings. The highest BCUT2D eigenvalue weighted by atomic mass is 16.3. The number of likely N-dealkylation sites (N-methyl/N-ethyl adjacent to an activating group) is 7. The lowest BCUT2D eigenvalue weighted by molar-refractivity contribution is -0.157. The molecule has 1 unspecified atom stereocenters. The summed E-state index contributed by atoms with van der Waals surface area (Å²) in [4.78, 5) is 174. The highest BCUT2D eigenvalue weighted by molar-refractivity contribution is 6.00. The Morgan fingerprint density at radius 2 is 0.867 bits per heavy atom. The number of hydrogen-bond donors (Lipinski definition) is 2. The minimum Gasteiger partial charge on any atom is -0.390 e. The van der Waals surface area contributed by atoms with E-state index in [1.165, 1.54) is 90.6 Å². The summed E-state index contributed by atoms with van der Waals surface area (Å²) < 4.78 is 0. The Hall–Kier alpha value is -5.31. The number of rotatable bonds is 16. The summed E-state index contributed by atoms with van der Waals surface area (Å²) in [5.74, 6) is -10.6. The normalized spacial score (nSPS) is 28.3. The Bertz CT molecular complexity index is 2420. The molecular formula is C69H123N9O12. The zero-order chi connectivity index (χ0) is 69.3. The summed E-state index contributed by atoms with van der Waals surface area (Å²) in [6, 6.07) is -9.22. The van der Waals surface area contributed by atoms with E-state index in [0.717, 1.165) is 32.4 Å². The Morgan fingerprint density at radius 1 is 0.444 bits per heavy atom. The molecule has 0 aliphatic carbocycles. The van der Waals surface area contributed by atoms with Crippen molar-refractivity contribution in [2.75, 3.05) is 69.0 Å². The molecule has 0 aromatic heterocycles. The molecule has 0 aromatic carbocycles. The number of likely N-dealkylation sites (tertiary alicyclic amines) is 1. The molecule has 8 amide bonds. The fraction of sp³-hybridized carbons (Fsp3) is 0.841. The number of carbonyl (C=O) groups excluding carboxylic acids is 11. The minimum absolute atomic E-state index is 0.0668. The predicted molar refractivity (Wildman–Crippen MR) is 352 cm³/mol. The first-order valence-corrected chi connectivity index (χ1v) is 33.8. The Balaban J connectivity index is 3.00. The third-order valence-electron chi connectivity index (χ3n) is 19.2. The van der Waals surface area contributed by atoms with Crippen LogP contribution in [0.2, 0.25) is 0 Å². The quantitative estimate of drug-likeness (QED) is 0.161. The number of hydrogen-bond acceptors (Lipinski definition) is 13. The van der Waals surface area contributed by atoms with Crippen LogP contribution in [0.4, 0.5) is 0 Å². The molecule has 0 spiro atoms. The Morgan fingerprint density at radius 3 is 1.32 bits per heavy atom. The maximum atomic E-state index is 15.4. The number of aliphatic hydroxyl groups is 1. The molecule has 2 fully saturated rings. The first-order chi connectivity index (χ1) is 41.7. The van der Waals surface area contributed by atoms with Gasteiger partial charge in [0.2, 0.25) is 47.3 Å². The Kier molecular flexibility index (Phi) is 33.0. The zero-order valence-electron chi connectivity index (χ0n) is 60.1. The van der Waals surface area contributed by atoms with Crippen LogP contribution in [-0.2, 0) is 52.7 Å².